The standard InChI is InChI=1S/C18H21FN2O/c1-14(16-5-3-2-4-6-16)21-13-18(22)20-12-11-15-7-9-17(19)10-8-15/h2-10,14,21H,11-13H2,1H3,(H,20,22). The lowest BCUT2D eigenvalue weighted by molar-refractivity contribution is -0.120. The van der Waals surface area contributed by atoms with Crippen LogP contribution in [0.15, 0.2) is 54.6 Å². The lowest BCUT2D eigenvalue weighted by Crippen LogP contribution is -2.36. The van der Waals surface area contributed by atoms with E-state index in [0.717, 1.165) is 11.1 Å². The Labute approximate surface area is 130 Å². The minimum atomic E-state index is -0.244. The van der Waals surface area contributed by atoms with Crippen molar-refractivity contribution >= 4 is 5.91 Å². The summed E-state index contributed by atoms with van der Waals surface area (Å²) < 4.78 is 12.8. The summed E-state index contributed by atoms with van der Waals surface area (Å²) in [7, 11) is 0. The van der Waals surface area contributed by atoms with Crippen molar-refractivity contribution < 1.29 is 9.18 Å². The molecule has 0 aliphatic heterocycles. The van der Waals surface area contributed by atoms with Crippen molar-refractivity contribution in [3.63, 3.8) is 0 Å². The molecule has 116 valence electrons. The zero-order chi connectivity index (χ0) is 15.8. The number of carbonyl (C=O) groups is 1. The Kier molecular flexibility index (Phi) is 6.10. The van der Waals surface area contributed by atoms with Crippen molar-refractivity contribution in [2.45, 2.75) is 19.4 Å². The topological polar surface area (TPSA) is 41.1 Å². The zero-order valence-electron chi connectivity index (χ0n) is 12.7. The molecule has 0 bridgehead atoms. The zero-order valence-corrected chi connectivity index (χ0v) is 12.7. The van der Waals surface area contributed by atoms with Crippen LogP contribution in [0.5, 0.6) is 0 Å². The fourth-order valence-corrected chi connectivity index (χ4v) is 2.17. The summed E-state index contributed by atoms with van der Waals surface area (Å²) >= 11 is 0. The molecule has 22 heavy (non-hydrogen) atoms. The van der Waals surface area contributed by atoms with Crippen molar-refractivity contribution in [3.8, 4) is 0 Å². The van der Waals surface area contributed by atoms with Gasteiger partial charge in [0.15, 0.2) is 0 Å². The van der Waals surface area contributed by atoms with Gasteiger partial charge in [-0.1, -0.05) is 42.5 Å². The molecule has 0 saturated heterocycles. The molecule has 3 nitrogen and oxygen atoms in total. The Hall–Kier alpha value is -2.20. The Morgan fingerprint density at radius 1 is 1.09 bits per heavy atom. The van der Waals surface area contributed by atoms with E-state index in [1.54, 1.807) is 12.1 Å². The molecule has 1 unspecified atom stereocenters. The predicted octanol–water partition coefficient (Wildman–Crippen LogP) is 2.84. The van der Waals surface area contributed by atoms with Gasteiger partial charge < -0.3 is 10.6 Å². The summed E-state index contributed by atoms with van der Waals surface area (Å²) in [6.07, 6.45) is 0.695. The van der Waals surface area contributed by atoms with Gasteiger partial charge in [-0.3, -0.25) is 4.79 Å². The van der Waals surface area contributed by atoms with Crippen molar-refractivity contribution in [1.29, 1.82) is 0 Å². The van der Waals surface area contributed by atoms with Gasteiger partial charge in [-0.25, -0.2) is 4.39 Å². The van der Waals surface area contributed by atoms with Gasteiger partial charge in [-0.05, 0) is 36.6 Å². The summed E-state index contributed by atoms with van der Waals surface area (Å²) in [6.45, 7) is 2.85. The van der Waals surface area contributed by atoms with Gasteiger partial charge in [-0.15, -0.1) is 0 Å². The third kappa shape index (κ3) is 5.30. The largest absolute Gasteiger partial charge is 0.355 e. The van der Waals surface area contributed by atoms with Crippen LogP contribution in [0.3, 0.4) is 0 Å². The number of halogens is 1. The van der Waals surface area contributed by atoms with E-state index in [2.05, 4.69) is 10.6 Å². The van der Waals surface area contributed by atoms with Crippen LogP contribution in [-0.2, 0) is 11.2 Å². The summed E-state index contributed by atoms with van der Waals surface area (Å²) in [4.78, 5) is 11.8. The molecule has 0 heterocycles. The van der Waals surface area contributed by atoms with Crippen LogP contribution >= 0.6 is 0 Å². The fraction of sp³-hybridized carbons (Fsp3) is 0.278. The number of hydrogen-bond acceptors (Lipinski definition) is 2. The normalized spacial score (nSPS) is 11.9. The van der Waals surface area contributed by atoms with E-state index < -0.39 is 0 Å². The van der Waals surface area contributed by atoms with E-state index in [1.165, 1.54) is 12.1 Å². The number of rotatable bonds is 7. The monoisotopic (exact) mass is 300 g/mol. The molecule has 0 aromatic heterocycles. The number of hydrogen-bond donors (Lipinski definition) is 2. The molecular formula is C18H21FN2O. The summed E-state index contributed by atoms with van der Waals surface area (Å²) in [5.74, 6) is -0.281. The van der Waals surface area contributed by atoms with Crippen molar-refractivity contribution in [3.05, 3.63) is 71.5 Å². The molecule has 2 N–H and O–H groups in total. The highest BCUT2D eigenvalue weighted by atomic mass is 19.1. The van der Waals surface area contributed by atoms with Crippen molar-refractivity contribution in [2.24, 2.45) is 0 Å². The Bertz CT molecular complexity index is 584. The van der Waals surface area contributed by atoms with E-state index in [9.17, 15) is 9.18 Å². The molecule has 0 radical (unpaired) electrons. The van der Waals surface area contributed by atoms with Crippen LogP contribution in [-0.4, -0.2) is 19.0 Å². The van der Waals surface area contributed by atoms with Gasteiger partial charge in [0.25, 0.3) is 0 Å². The van der Waals surface area contributed by atoms with Crippen molar-refractivity contribution in [2.75, 3.05) is 13.1 Å². The van der Waals surface area contributed by atoms with Crippen LogP contribution in [0.2, 0.25) is 0 Å². The van der Waals surface area contributed by atoms with Gasteiger partial charge in [0.2, 0.25) is 5.91 Å². The molecule has 2 rings (SSSR count). The first-order valence-electron chi connectivity index (χ1n) is 7.44. The first-order chi connectivity index (χ1) is 10.6. The average Bonchev–Trinajstić information content (AvgIpc) is 2.55. The molecule has 1 amide bonds. The smallest absolute Gasteiger partial charge is 0.233 e. The quantitative estimate of drug-likeness (QED) is 0.825. The first-order valence-corrected chi connectivity index (χ1v) is 7.44. The minimum Gasteiger partial charge on any atom is -0.355 e. The lowest BCUT2D eigenvalue weighted by atomic mass is 10.1. The molecular weight excluding hydrogens is 279 g/mol. The van der Waals surface area contributed by atoms with Gasteiger partial charge in [0.05, 0.1) is 6.54 Å². The van der Waals surface area contributed by atoms with Crippen LogP contribution in [0, 0.1) is 5.82 Å². The van der Waals surface area contributed by atoms with Crippen LogP contribution in [0.1, 0.15) is 24.1 Å². The molecule has 4 heteroatoms. The second kappa shape index (κ2) is 8.29. The van der Waals surface area contributed by atoms with Crippen molar-refractivity contribution in [1.82, 2.24) is 10.6 Å². The molecule has 0 aliphatic rings. The van der Waals surface area contributed by atoms with Gasteiger partial charge in [0, 0.05) is 12.6 Å². The van der Waals surface area contributed by atoms with Crippen LogP contribution in [0.4, 0.5) is 4.39 Å². The average molecular weight is 300 g/mol. The van der Waals surface area contributed by atoms with E-state index in [4.69, 9.17) is 0 Å². The summed E-state index contributed by atoms with van der Waals surface area (Å²) in [5, 5.41) is 6.05. The molecule has 0 aliphatic carbocycles. The summed E-state index contributed by atoms with van der Waals surface area (Å²) in [6, 6.07) is 16.5. The maximum absolute atomic E-state index is 12.8. The highest BCUT2D eigenvalue weighted by Gasteiger charge is 2.06. The number of carbonyl (C=O) groups excluding carboxylic acids is 1. The predicted molar refractivity (Wildman–Crippen MR) is 86.0 cm³/mol. The third-order valence-electron chi connectivity index (χ3n) is 3.52. The van der Waals surface area contributed by atoms with Crippen LogP contribution < -0.4 is 10.6 Å². The molecule has 1 atom stereocenters. The lowest BCUT2D eigenvalue weighted by Gasteiger charge is -2.14. The van der Waals surface area contributed by atoms with E-state index in [0.29, 0.717) is 13.0 Å². The highest BCUT2D eigenvalue weighted by molar-refractivity contribution is 5.78. The minimum absolute atomic E-state index is 0.0371. The Morgan fingerprint density at radius 3 is 2.45 bits per heavy atom. The second-order valence-corrected chi connectivity index (χ2v) is 5.24. The molecule has 2 aromatic rings. The molecule has 0 spiro atoms. The third-order valence-corrected chi connectivity index (χ3v) is 3.52. The molecule has 0 saturated carbocycles. The van der Waals surface area contributed by atoms with Crippen LogP contribution in [0.25, 0.3) is 0 Å². The maximum Gasteiger partial charge on any atom is 0.233 e. The summed E-state index contributed by atoms with van der Waals surface area (Å²) in [5.41, 5.74) is 2.16. The Balaban J connectivity index is 1.66. The number of nitrogens with one attached hydrogen (secondary N) is 2. The van der Waals surface area contributed by atoms with Gasteiger partial charge >= 0.3 is 0 Å². The molecule has 0 fully saturated rings. The number of benzene rings is 2. The fourth-order valence-electron chi connectivity index (χ4n) is 2.17. The molecule has 2 aromatic carbocycles. The first kappa shape index (κ1) is 16.2. The Morgan fingerprint density at radius 2 is 1.77 bits per heavy atom. The second-order valence-electron chi connectivity index (χ2n) is 5.24. The van der Waals surface area contributed by atoms with Gasteiger partial charge in [0.1, 0.15) is 5.82 Å². The van der Waals surface area contributed by atoms with Gasteiger partial charge in [-0.2, -0.15) is 0 Å². The number of amides is 1. The SMILES string of the molecule is CC(NCC(=O)NCCc1ccc(F)cc1)c1ccccc1. The maximum atomic E-state index is 12.8. The van der Waals surface area contributed by atoms with E-state index >= 15 is 0 Å². The van der Waals surface area contributed by atoms with E-state index in [1.807, 2.05) is 37.3 Å². The highest BCUT2D eigenvalue weighted by Crippen LogP contribution is 2.10. The van der Waals surface area contributed by atoms with E-state index in [-0.39, 0.29) is 24.3 Å².